The van der Waals surface area contributed by atoms with Crippen molar-refractivity contribution in [3.05, 3.63) is 23.4 Å². The molecule has 9 heteroatoms. The van der Waals surface area contributed by atoms with Crippen LogP contribution >= 0.6 is 11.6 Å². The van der Waals surface area contributed by atoms with Gasteiger partial charge in [0.1, 0.15) is 5.82 Å². The Labute approximate surface area is 154 Å². The van der Waals surface area contributed by atoms with Crippen LogP contribution in [0.15, 0.2) is 23.3 Å². The van der Waals surface area contributed by atoms with E-state index in [9.17, 15) is 8.42 Å². The molecule has 0 amide bonds. The van der Waals surface area contributed by atoms with Gasteiger partial charge in [0.2, 0.25) is 0 Å². The van der Waals surface area contributed by atoms with Crippen molar-refractivity contribution in [3.63, 3.8) is 0 Å². The van der Waals surface area contributed by atoms with Gasteiger partial charge in [0.05, 0.1) is 9.77 Å². The fraction of sp³-hybridized carbons (Fsp3) is 0.625. The van der Waals surface area contributed by atoms with Crippen molar-refractivity contribution < 1.29 is 8.42 Å². The maximum absolute atomic E-state index is 11.8. The van der Waals surface area contributed by atoms with Crippen LogP contribution in [0.25, 0.3) is 0 Å². The zero-order valence-electron chi connectivity index (χ0n) is 15.1. The minimum Gasteiger partial charge on any atom is -0.355 e. The quantitative estimate of drug-likeness (QED) is 0.585. The maximum Gasteiger partial charge on any atom is 0.191 e. The van der Waals surface area contributed by atoms with E-state index < -0.39 is 14.6 Å². The third-order valence-electron chi connectivity index (χ3n) is 4.48. The molecular weight excluding hydrogens is 362 g/mol. The van der Waals surface area contributed by atoms with Gasteiger partial charge in [0, 0.05) is 45.2 Å². The zero-order chi connectivity index (χ0) is 18.7. The second-order valence-corrected chi connectivity index (χ2v) is 9.90. The highest BCUT2D eigenvalue weighted by molar-refractivity contribution is 7.92. The molecule has 1 aliphatic heterocycles. The summed E-state index contributed by atoms with van der Waals surface area (Å²) in [7, 11) is -1.49. The van der Waals surface area contributed by atoms with Gasteiger partial charge in [0.15, 0.2) is 15.8 Å². The Morgan fingerprint density at radius 3 is 2.84 bits per heavy atom. The van der Waals surface area contributed by atoms with E-state index in [1.165, 1.54) is 6.26 Å². The average molecular weight is 388 g/mol. The topological polar surface area (TPSA) is 86.7 Å². The highest BCUT2D eigenvalue weighted by atomic mass is 35.5. The van der Waals surface area contributed by atoms with Crippen molar-refractivity contribution in [1.82, 2.24) is 15.6 Å². The summed E-state index contributed by atoms with van der Waals surface area (Å²) in [4.78, 5) is 10.7. The highest BCUT2D eigenvalue weighted by Crippen LogP contribution is 2.25. The molecule has 1 fully saturated rings. The molecule has 0 radical (unpaired) electrons. The van der Waals surface area contributed by atoms with Crippen LogP contribution in [-0.2, 0) is 9.84 Å². The predicted octanol–water partition coefficient (Wildman–Crippen LogP) is 1.30. The molecule has 0 aliphatic carbocycles. The lowest BCUT2D eigenvalue weighted by molar-refractivity contribution is 0.542. The second-order valence-electron chi connectivity index (χ2n) is 6.84. The molecule has 1 atom stereocenters. The summed E-state index contributed by atoms with van der Waals surface area (Å²) >= 11 is 6.21. The minimum absolute atomic E-state index is 0.186. The van der Waals surface area contributed by atoms with E-state index in [1.54, 1.807) is 27.1 Å². The summed E-state index contributed by atoms with van der Waals surface area (Å²) in [5, 5.41) is 7.09. The smallest absolute Gasteiger partial charge is 0.191 e. The summed E-state index contributed by atoms with van der Waals surface area (Å²) in [5.41, 5.74) is 0. The van der Waals surface area contributed by atoms with Gasteiger partial charge < -0.3 is 15.5 Å². The Kier molecular flexibility index (Phi) is 6.16. The molecule has 2 rings (SSSR count). The predicted molar refractivity (Wildman–Crippen MR) is 103 cm³/mol. The van der Waals surface area contributed by atoms with Crippen LogP contribution in [0, 0.1) is 0 Å². The van der Waals surface area contributed by atoms with E-state index in [2.05, 4.69) is 25.5 Å². The lowest BCUT2D eigenvalue weighted by atomic mass is 10.2. The van der Waals surface area contributed by atoms with Gasteiger partial charge in [-0.25, -0.2) is 13.4 Å². The first-order valence-corrected chi connectivity index (χ1v) is 10.4. The fourth-order valence-electron chi connectivity index (χ4n) is 2.50. The summed E-state index contributed by atoms with van der Waals surface area (Å²) < 4.78 is 22.7. The molecule has 1 aromatic heterocycles. The Morgan fingerprint density at radius 2 is 2.24 bits per heavy atom. The van der Waals surface area contributed by atoms with E-state index in [4.69, 9.17) is 11.6 Å². The van der Waals surface area contributed by atoms with Crippen LogP contribution in [0.1, 0.15) is 20.3 Å². The van der Waals surface area contributed by atoms with E-state index in [0.29, 0.717) is 11.0 Å². The molecule has 0 saturated carbocycles. The molecular formula is C16H26ClN5O2S. The van der Waals surface area contributed by atoms with E-state index >= 15 is 0 Å². The largest absolute Gasteiger partial charge is 0.355 e. The molecule has 1 aromatic rings. The van der Waals surface area contributed by atoms with Gasteiger partial charge in [0.25, 0.3) is 0 Å². The number of nitrogens with one attached hydrogen (secondary N) is 2. The SMILES string of the molecule is CN=C(NCC(C)(C)S(C)(=O)=O)NC1CCN(c2ncccc2Cl)C1. The first-order chi connectivity index (χ1) is 11.6. The van der Waals surface area contributed by atoms with Gasteiger partial charge in [-0.1, -0.05) is 11.6 Å². The number of pyridine rings is 1. The van der Waals surface area contributed by atoms with Crippen LogP contribution in [0.4, 0.5) is 5.82 Å². The third kappa shape index (κ3) is 4.98. The number of guanidine groups is 1. The van der Waals surface area contributed by atoms with Crippen molar-refractivity contribution in [2.45, 2.75) is 31.1 Å². The highest BCUT2D eigenvalue weighted by Gasteiger charge is 2.31. The first kappa shape index (κ1) is 19.8. The zero-order valence-corrected chi connectivity index (χ0v) is 16.7. The van der Waals surface area contributed by atoms with Crippen molar-refractivity contribution in [1.29, 1.82) is 0 Å². The van der Waals surface area contributed by atoms with E-state index in [0.717, 1.165) is 25.3 Å². The molecule has 25 heavy (non-hydrogen) atoms. The van der Waals surface area contributed by atoms with Crippen LogP contribution < -0.4 is 15.5 Å². The van der Waals surface area contributed by atoms with Gasteiger partial charge in [-0.15, -0.1) is 0 Å². The van der Waals surface area contributed by atoms with Crippen molar-refractivity contribution in [3.8, 4) is 0 Å². The van der Waals surface area contributed by atoms with Crippen LogP contribution in [-0.4, -0.2) is 63.1 Å². The number of sulfone groups is 1. The standard InChI is InChI=1S/C16H26ClN5O2S/c1-16(2,25(4,23)24)11-20-15(18-3)21-12-7-9-22(10-12)14-13(17)6-5-8-19-14/h5-6,8,12H,7,9-11H2,1-4H3,(H2,18,20,21). The first-order valence-electron chi connectivity index (χ1n) is 8.16. The van der Waals surface area contributed by atoms with Gasteiger partial charge in [-0.3, -0.25) is 4.99 Å². The summed E-state index contributed by atoms with van der Waals surface area (Å²) in [6.07, 6.45) is 3.90. The van der Waals surface area contributed by atoms with E-state index in [1.807, 2.05) is 12.1 Å². The third-order valence-corrected chi connectivity index (χ3v) is 6.92. The molecule has 140 valence electrons. The Bertz CT molecular complexity index is 736. The number of halogens is 1. The maximum atomic E-state index is 11.8. The van der Waals surface area contributed by atoms with Crippen molar-refractivity contribution in [2.24, 2.45) is 4.99 Å². The summed E-state index contributed by atoms with van der Waals surface area (Å²) in [5.74, 6) is 1.38. The number of hydrogen-bond acceptors (Lipinski definition) is 5. The minimum atomic E-state index is -3.16. The molecule has 0 spiro atoms. The average Bonchev–Trinajstić information content (AvgIpc) is 2.99. The van der Waals surface area contributed by atoms with Crippen LogP contribution in [0.2, 0.25) is 5.02 Å². The summed E-state index contributed by atoms with van der Waals surface area (Å²) in [6, 6.07) is 3.83. The number of aromatic nitrogens is 1. The molecule has 7 nitrogen and oxygen atoms in total. The van der Waals surface area contributed by atoms with Gasteiger partial charge in [-0.05, 0) is 32.4 Å². The molecule has 0 aromatic carbocycles. The second kappa shape index (κ2) is 7.78. The normalized spacial score (nSPS) is 19.2. The number of aliphatic imine (C=N–C) groups is 1. The molecule has 1 unspecified atom stereocenters. The van der Waals surface area contributed by atoms with Gasteiger partial charge in [-0.2, -0.15) is 0 Å². The molecule has 1 aliphatic rings. The van der Waals surface area contributed by atoms with Crippen molar-refractivity contribution >= 4 is 33.2 Å². The number of rotatable bonds is 5. The Morgan fingerprint density at radius 1 is 1.52 bits per heavy atom. The Balaban J connectivity index is 1.92. The van der Waals surface area contributed by atoms with Crippen molar-refractivity contribution in [2.75, 3.05) is 37.8 Å². The van der Waals surface area contributed by atoms with E-state index in [-0.39, 0.29) is 12.6 Å². The van der Waals surface area contributed by atoms with Crippen LogP contribution in [0.3, 0.4) is 0 Å². The molecule has 0 bridgehead atoms. The molecule has 1 saturated heterocycles. The number of nitrogens with zero attached hydrogens (tertiary/aromatic N) is 3. The van der Waals surface area contributed by atoms with Crippen LogP contribution in [0.5, 0.6) is 0 Å². The fourth-order valence-corrected chi connectivity index (χ4v) is 3.07. The molecule has 2 heterocycles. The number of anilines is 1. The lowest BCUT2D eigenvalue weighted by Gasteiger charge is -2.25. The Hall–Kier alpha value is -1.54. The molecule has 2 N–H and O–H groups in total. The summed E-state index contributed by atoms with van der Waals surface area (Å²) in [6.45, 7) is 5.28. The monoisotopic (exact) mass is 387 g/mol. The van der Waals surface area contributed by atoms with Gasteiger partial charge >= 0.3 is 0 Å². The number of hydrogen-bond donors (Lipinski definition) is 2. The lowest BCUT2D eigenvalue weighted by Crippen LogP contribution is -2.50.